The minimum atomic E-state index is -1.64. The molecule has 1 aliphatic rings. The van der Waals surface area contributed by atoms with Gasteiger partial charge in [0.25, 0.3) is 0 Å². The van der Waals surface area contributed by atoms with Gasteiger partial charge in [-0.05, 0) is 26.0 Å². The Kier molecular flexibility index (Phi) is 6.33. The summed E-state index contributed by atoms with van der Waals surface area (Å²) in [5.74, 6) is -6.07. The van der Waals surface area contributed by atoms with Crippen molar-refractivity contribution in [3.63, 3.8) is 0 Å². The van der Waals surface area contributed by atoms with E-state index in [0.717, 1.165) is 12.2 Å². The topological polar surface area (TPSA) is 116 Å². The van der Waals surface area contributed by atoms with Gasteiger partial charge in [0.2, 0.25) is 5.79 Å². The third-order valence-corrected chi connectivity index (χ3v) is 3.91. The Balaban J connectivity index is 2.42. The maximum absolute atomic E-state index is 12.8. The number of Topliss-reactive ketones (excluding diaryl/α,β-unsaturated/α-hetero) is 1. The summed E-state index contributed by atoms with van der Waals surface area (Å²) < 4.78 is 11.3. The second-order valence-electron chi connectivity index (χ2n) is 6.82. The van der Waals surface area contributed by atoms with E-state index in [9.17, 15) is 25.2 Å². The van der Waals surface area contributed by atoms with Crippen LogP contribution in [0.2, 0.25) is 0 Å². The Hall–Kier alpha value is -3.03. The molecule has 1 aromatic carbocycles. The Morgan fingerprint density at radius 2 is 1.39 bits per heavy atom. The van der Waals surface area contributed by atoms with Gasteiger partial charge in [-0.2, -0.15) is 0 Å². The van der Waals surface area contributed by atoms with E-state index in [2.05, 4.69) is 13.2 Å². The first kappa shape index (κ1) is 21.3. The Bertz CT molecular complexity index is 803. The molecule has 7 heteroatoms. The molecule has 0 radical (unpaired) electrons. The van der Waals surface area contributed by atoms with Gasteiger partial charge in [0.15, 0.2) is 5.78 Å². The minimum Gasteiger partial charge on any atom is -0.511 e. The second-order valence-corrected chi connectivity index (χ2v) is 6.82. The number of ketones is 1. The van der Waals surface area contributed by atoms with Gasteiger partial charge in [0.1, 0.15) is 34.5 Å². The van der Waals surface area contributed by atoms with Gasteiger partial charge in [-0.1, -0.05) is 30.4 Å². The van der Waals surface area contributed by atoms with E-state index in [-0.39, 0.29) is 13.2 Å². The van der Waals surface area contributed by atoms with Crippen LogP contribution in [-0.4, -0.2) is 45.2 Å². The van der Waals surface area contributed by atoms with Crippen LogP contribution in [0, 0.1) is 5.92 Å². The lowest BCUT2D eigenvalue weighted by Gasteiger charge is -2.33. The van der Waals surface area contributed by atoms with Crippen molar-refractivity contribution in [2.45, 2.75) is 19.6 Å². The molecule has 150 valence electrons. The van der Waals surface area contributed by atoms with Gasteiger partial charge in [-0.15, -0.1) is 0 Å². The largest absolute Gasteiger partial charge is 0.511 e. The second kappa shape index (κ2) is 8.33. The Morgan fingerprint density at radius 3 is 1.79 bits per heavy atom. The molecule has 2 rings (SSSR count). The van der Waals surface area contributed by atoms with Crippen molar-refractivity contribution in [1.29, 1.82) is 0 Å². The molecule has 0 heterocycles. The van der Waals surface area contributed by atoms with E-state index >= 15 is 0 Å². The molecule has 0 aliphatic heterocycles. The average molecular weight is 388 g/mol. The average Bonchev–Trinajstić information content (AvgIpc) is 2.57. The van der Waals surface area contributed by atoms with Crippen molar-refractivity contribution < 1.29 is 34.7 Å². The third kappa shape index (κ3) is 4.62. The number of aliphatic hydroxyl groups is 2. The van der Waals surface area contributed by atoms with Crippen molar-refractivity contribution in [1.82, 2.24) is 0 Å². The van der Waals surface area contributed by atoms with Crippen LogP contribution in [-0.2, 0) is 9.47 Å². The number of rotatable bonds is 8. The van der Waals surface area contributed by atoms with Gasteiger partial charge in [0, 0.05) is 12.2 Å². The first-order chi connectivity index (χ1) is 13.1. The van der Waals surface area contributed by atoms with Crippen LogP contribution in [0.5, 0.6) is 11.5 Å². The fraction of sp³-hybridized carbons (Fsp3) is 0.286. The Morgan fingerprint density at radius 1 is 0.964 bits per heavy atom. The fourth-order valence-corrected chi connectivity index (χ4v) is 2.65. The number of aliphatic hydroxyl groups excluding tert-OH is 2. The number of hydrogen-bond donors (Lipinski definition) is 4. The molecule has 0 saturated heterocycles. The van der Waals surface area contributed by atoms with E-state index in [1.54, 1.807) is 13.8 Å². The highest BCUT2D eigenvalue weighted by Crippen LogP contribution is 2.37. The molecule has 28 heavy (non-hydrogen) atoms. The summed E-state index contributed by atoms with van der Waals surface area (Å²) in [4.78, 5) is 12.8. The van der Waals surface area contributed by atoms with E-state index in [0.29, 0.717) is 11.1 Å². The van der Waals surface area contributed by atoms with Crippen LogP contribution in [0.3, 0.4) is 0 Å². The molecular weight excluding hydrogens is 364 g/mol. The van der Waals surface area contributed by atoms with Gasteiger partial charge < -0.3 is 29.9 Å². The summed E-state index contributed by atoms with van der Waals surface area (Å²) in [6, 6.07) is 3.79. The van der Waals surface area contributed by atoms with E-state index < -0.39 is 46.1 Å². The van der Waals surface area contributed by atoms with Gasteiger partial charge in [-0.3, -0.25) is 4.79 Å². The lowest BCUT2D eigenvalue weighted by molar-refractivity contribution is -0.164. The van der Waals surface area contributed by atoms with Gasteiger partial charge >= 0.3 is 0 Å². The number of aromatic hydroxyl groups is 2. The molecule has 0 saturated carbocycles. The van der Waals surface area contributed by atoms with Crippen LogP contribution in [0.15, 0.2) is 66.2 Å². The number of carbonyl (C=O) groups excluding carboxylic acids is 1. The quantitative estimate of drug-likeness (QED) is 0.305. The smallest absolute Gasteiger partial charge is 0.215 e. The molecule has 0 bridgehead atoms. The maximum Gasteiger partial charge on any atom is 0.215 e. The van der Waals surface area contributed by atoms with Crippen molar-refractivity contribution in [2.75, 3.05) is 13.2 Å². The molecule has 0 fully saturated rings. The maximum atomic E-state index is 12.8. The molecule has 0 amide bonds. The molecular formula is C21H24O7. The monoisotopic (exact) mass is 388 g/mol. The van der Waals surface area contributed by atoms with Crippen molar-refractivity contribution in [2.24, 2.45) is 5.92 Å². The molecule has 0 atom stereocenters. The molecule has 0 aromatic heterocycles. The summed E-state index contributed by atoms with van der Waals surface area (Å²) >= 11 is 0. The van der Waals surface area contributed by atoms with Crippen LogP contribution >= 0.6 is 0 Å². The molecule has 7 nitrogen and oxygen atoms in total. The van der Waals surface area contributed by atoms with Crippen LogP contribution in [0.1, 0.15) is 24.2 Å². The first-order valence-electron chi connectivity index (χ1n) is 8.51. The SMILES string of the molecule is C=C(C)COC1(OCC(=C)C)C=C(O)C(C(=O)c2c(O)cccc2O)C(O)=C1. The zero-order valence-electron chi connectivity index (χ0n) is 15.8. The standard InChI is InChI=1S/C21H24O7/c1-12(2)10-27-21(28-11-13(3)4)8-16(24)19(17(25)9-21)20(26)18-14(22)6-5-7-15(18)23/h5-9,19,22-25H,1,3,10-11H2,2,4H3. The zero-order valence-corrected chi connectivity index (χ0v) is 15.8. The van der Waals surface area contributed by atoms with Crippen LogP contribution in [0.4, 0.5) is 0 Å². The summed E-state index contributed by atoms with van der Waals surface area (Å²) in [5.41, 5.74) is 0.943. The summed E-state index contributed by atoms with van der Waals surface area (Å²) in [6.07, 6.45) is 2.30. The first-order valence-corrected chi connectivity index (χ1v) is 8.51. The van der Waals surface area contributed by atoms with Crippen molar-refractivity contribution >= 4 is 5.78 Å². The van der Waals surface area contributed by atoms with Gasteiger partial charge in [-0.25, -0.2) is 0 Å². The molecule has 0 unspecified atom stereocenters. The van der Waals surface area contributed by atoms with Crippen molar-refractivity contribution in [3.8, 4) is 11.5 Å². The van der Waals surface area contributed by atoms with E-state index in [4.69, 9.17) is 9.47 Å². The summed E-state index contributed by atoms with van der Waals surface area (Å²) in [7, 11) is 0. The zero-order chi connectivity index (χ0) is 21.1. The normalized spacial score (nSPS) is 16.2. The highest BCUT2D eigenvalue weighted by Gasteiger charge is 2.41. The Labute approximate surface area is 163 Å². The number of phenolic OH excluding ortho intramolecular Hbond substituents is 2. The molecule has 0 spiro atoms. The number of hydrogen-bond acceptors (Lipinski definition) is 7. The lowest BCUT2D eigenvalue weighted by atomic mass is 9.87. The minimum absolute atomic E-state index is 0.0720. The number of ether oxygens (including phenoxy) is 2. The van der Waals surface area contributed by atoms with Crippen LogP contribution in [0.25, 0.3) is 0 Å². The highest BCUT2D eigenvalue weighted by atomic mass is 16.7. The summed E-state index contributed by atoms with van der Waals surface area (Å²) in [6.45, 7) is 11.1. The fourth-order valence-electron chi connectivity index (χ4n) is 2.65. The summed E-state index contributed by atoms with van der Waals surface area (Å²) in [5, 5.41) is 40.8. The predicted octanol–water partition coefficient (Wildman–Crippen LogP) is 3.68. The van der Waals surface area contributed by atoms with E-state index in [1.807, 2.05) is 0 Å². The molecule has 4 N–H and O–H groups in total. The number of phenols is 2. The van der Waals surface area contributed by atoms with E-state index in [1.165, 1.54) is 18.2 Å². The number of carbonyl (C=O) groups is 1. The van der Waals surface area contributed by atoms with Crippen molar-refractivity contribution in [3.05, 3.63) is 71.7 Å². The van der Waals surface area contributed by atoms with Crippen LogP contribution < -0.4 is 0 Å². The van der Waals surface area contributed by atoms with Gasteiger partial charge in [0.05, 0.1) is 13.2 Å². The molecule has 1 aromatic rings. The number of benzene rings is 1. The predicted molar refractivity (Wildman–Crippen MR) is 103 cm³/mol. The lowest BCUT2D eigenvalue weighted by Crippen LogP contribution is -2.39. The highest BCUT2D eigenvalue weighted by molar-refractivity contribution is 6.05. The third-order valence-electron chi connectivity index (χ3n) is 3.91. The molecule has 1 aliphatic carbocycles.